The zero-order valence-electron chi connectivity index (χ0n) is 9.90. The van der Waals surface area contributed by atoms with Gasteiger partial charge in [0.05, 0.1) is 23.3 Å². The fourth-order valence-electron chi connectivity index (χ4n) is 1.56. The number of carbonyl (C=O) groups is 1. The van der Waals surface area contributed by atoms with Crippen molar-refractivity contribution >= 4 is 22.5 Å². The molecule has 90 valence electrons. The number of H-pyrrole nitrogens is 1. The van der Waals surface area contributed by atoms with Crippen molar-refractivity contribution in [1.82, 2.24) is 10.2 Å². The number of anilines is 1. The number of rotatable bonds is 3. The topological polar surface area (TPSA) is 83.8 Å². The summed E-state index contributed by atoms with van der Waals surface area (Å²) in [4.78, 5) is 11.9. The van der Waals surface area contributed by atoms with Crippen molar-refractivity contribution in [2.45, 2.75) is 19.9 Å². The maximum Gasteiger partial charge on any atom is 0.228 e. The molecule has 0 radical (unpaired) electrons. The van der Waals surface area contributed by atoms with Crippen molar-refractivity contribution in [2.75, 3.05) is 5.32 Å². The molecule has 2 rings (SSSR count). The van der Waals surface area contributed by atoms with E-state index in [1.165, 1.54) is 0 Å². The van der Waals surface area contributed by atoms with E-state index in [0.29, 0.717) is 0 Å². The van der Waals surface area contributed by atoms with Crippen molar-refractivity contribution in [3.8, 4) is 0 Å². The number of carbonyl (C=O) groups excluding carboxylic acids is 1. The lowest BCUT2D eigenvalue weighted by Gasteiger charge is -2.15. The van der Waals surface area contributed by atoms with Gasteiger partial charge in [-0.1, -0.05) is 13.0 Å². The SMILES string of the molecule is CC(N)C(C)C(=O)Nc1cccc2[nH]ncc12. The zero-order valence-corrected chi connectivity index (χ0v) is 9.90. The molecule has 1 aromatic heterocycles. The summed E-state index contributed by atoms with van der Waals surface area (Å²) in [6.45, 7) is 3.64. The molecule has 0 aliphatic carbocycles. The Bertz CT molecular complexity index is 532. The summed E-state index contributed by atoms with van der Waals surface area (Å²) in [6, 6.07) is 5.46. The maximum absolute atomic E-state index is 11.9. The van der Waals surface area contributed by atoms with Gasteiger partial charge in [-0.2, -0.15) is 5.10 Å². The molecule has 0 spiro atoms. The summed E-state index contributed by atoms with van der Waals surface area (Å²) < 4.78 is 0. The number of benzene rings is 1. The van der Waals surface area contributed by atoms with Crippen LogP contribution in [0.3, 0.4) is 0 Å². The number of fused-ring (bicyclic) bond motifs is 1. The van der Waals surface area contributed by atoms with Gasteiger partial charge in [0.25, 0.3) is 0 Å². The van der Waals surface area contributed by atoms with Crippen LogP contribution in [0.1, 0.15) is 13.8 Å². The molecule has 1 aromatic carbocycles. The molecule has 0 bridgehead atoms. The second-order valence-corrected chi connectivity index (χ2v) is 4.27. The Morgan fingerprint density at radius 1 is 1.47 bits per heavy atom. The Labute approximate surface area is 99.4 Å². The molecule has 2 unspecified atom stereocenters. The van der Waals surface area contributed by atoms with Gasteiger partial charge in [-0.05, 0) is 19.1 Å². The van der Waals surface area contributed by atoms with Crippen LogP contribution in [0.2, 0.25) is 0 Å². The zero-order chi connectivity index (χ0) is 12.4. The van der Waals surface area contributed by atoms with Crippen LogP contribution in [-0.2, 0) is 4.79 Å². The number of aromatic nitrogens is 2. The quantitative estimate of drug-likeness (QED) is 0.749. The van der Waals surface area contributed by atoms with E-state index in [0.717, 1.165) is 16.6 Å². The first-order valence-electron chi connectivity index (χ1n) is 5.58. The molecule has 1 amide bonds. The normalized spacial score (nSPS) is 14.5. The van der Waals surface area contributed by atoms with E-state index >= 15 is 0 Å². The molecule has 17 heavy (non-hydrogen) atoms. The Balaban J connectivity index is 2.24. The third-order valence-electron chi connectivity index (χ3n) is 2.94. The molecule has 4 N–H and O–H groups in total. The van der Waals surface area contributed by atoms with Gasteiger partial charge >= 0.3 is 0 Å². The molecule has 1 heterocycles. The molecule has 0 saturated carbocycles. The predicted molar refractivity (Wildman–Crippen MR) is 67.5 cm³/mol. The van der Waals surface area contributed by atoms with Crippen molar-refractivity contribution in [3.63, 3.8) is 0 Å². The van der Waals surface area contributed by atoms with Gasteiger partial charge in [0.2, 0.25) is 5.91 Å². The van der Waals surface area contributed by atoms with E-state index in [1.54, 1.807) is 6.20 Å². The van der Waals surface area contributed by atoms with Crippen LogP contribution in [0, 0.1) is 5.92 Å². The number of hydrogen-bond donors (Lipinski definition) is 3. The summed E-state index contributed by atoms with van der Waals surface area (Å²) in [5.41, 5.74) is 7.36. The monoisotopic (exact) mass is 232 g/mol. The largest absolute Gasteiger partial charge is 0.327 e. The first kappa shape index (κ1) is 11.6. The molecule has 0 saturated heterocycles. The molecule has 2 atom stereocenters. The van der Waals surface area contributed by atoms with Gasteiger partial charge in [-0.25, -0.2) is 0 Å². The van der Waals surface area contributed by atoms with E-state index in [9.17, 15) is 4.79 Å². The van der Waals surface area contributed by atoms with Crippen molar-refractivity contribution < 1.29 is 4.79 Å². The van der Waals surface area contributed by atoms with Gasteiger partial charge in [-0.3, -0.25) is 9.89 Å². The highest BCUT2D eigenvalue weighted by atomic mass is 16.1. The first-order chi connectivity index (χ1) is 8.09. The molecular weight excluding hydrogens is 216 g/mol. The van der Waals surface area contributed by atoms with E-state index < -0.39 is 0 Å². The smallest absolute Gasteiger partial charge is 0.228 e. The molecule has 0 aliphatic rings. The van der Waals surface area contributed by atoms with Crippen LogP contribution in [0.4, 0.5) is 5.69 Å². The van der Waals surface area contributed by atoms with Gasteiger partial charge in [0.1, 0.15) is 0 Å². The summed E-state index contributed by atoms with van der Waals surface area (Å²) in [5, 5.41) is 10.6. The summed E-state index contributed by atoms with van der Waals surface area (Å²) >= 11 is 0. The van der Waals surface area contributed by atoms with Gasteiger partial charge in [0, 0.05) is 11.4 Å². The Hall–Kier alpha value is -1.88. The molecule has 0 aliphatic heterocycles. The lowest BCUT2D eigenvalue weighted by atomic mass is 10.0. The number of amides is 1. The Morgan fingerprint density at radius 2 is 2.24 bits per heavy atom. The minimum absolute atomic E-state index is 0.0753. The third kappa shape index (κ3) is 2.29. The van der Waals surface area contributed by atoms with Crippen LogP contribution in [0.5, 0.6) is 0 Å². The van der Waals surface area contributed by atoms with Crippen LogP contribution < -0.4 is 11.1 Å². The summed E-state index contributed by atoms with van der Waals surface area (Å²) in [7, 11) is 0. The molecule has 2 aromatic rings. The number of hydrogen-bond acceptors (Lipinski definition) is 3. The number of nitrogens with one attached hydrogen (secondary N) is 2. The van der Waals surface area contributed by atoms with Crippen molar-refractivity contribution in [3.05, 3.63) is 24.4 Å². The van der Waals surface area contributed by atoms with Gasteiger partial charge in [-0.15, -0.1) is 0 Å². The van der Waals surface area contributed by atoms with Gasteiger partial charge in [0.15, 0.2) is 0 Å². The maximum atomic E-state index is 11.9. The second-order valence-electron chi connectivity index (χ2n) is 4.27. The fourth-order valence-corrected chi connectivity index (χ4v) is 1.56. The second kappa shape index (κ2) is 4.55. The van der Waals surface area contributed by atoms with E-state index in [2.05, 4.69) is 15.5 Å². The van der Waals surface area contributed by atoms with Crippen molar-refractivity contribution in [1.29, 1.82) is 0 Å². The first-order valence-corrected chi connectivity index (χ1v) is 5.58. The number of nitrogens with zero attached hydrogens (tertiary/aromatic N) is 1. The fraction of sp³-hybridized carbons (Fsp3) is 0.333. The number of aromatic amines is 1. The summed E-state index contributed by atoms with van der Waals surface area (Å²) in [5.74, 6) is -0.300. The van der Waals surface area contributed by atoms with Gasteiger partial charge < -0.3 is 11.1 Å². The van der Waals surface area contributed by atoms with Crippen molar-refractivity contribution in [2.24, 2.45) is 11.7 Å². The lowest BCUT2D eigenvalue weighted by Crippen LogP contribution is -2.34. The van der Waals surface area contributed by atoms with Crippen LogP contribution in [0.15, 0.2) is 24.4 Å². The van der Waals surface area contributed by atoms with E-state index in [-0.39, 0.29) is 17.9 Å². The Morgan fingerprint density at radius 3 is 2.94 bits per heavy atom. The highest BCUT2D eigenvalue weighted by molar-refractivity contribution is 6.01. The van der Waals surface area contributed by atoms with E-state index in [4.69, 9.17) is 5.73 Å². The Kier molecular flexibility index (Phi) is 3.10. The molecular formula is C12H16N4O. The standard InChI is InChI=1S/C12H16N4O/c1-7(8(2)13)12(17)15-10-4-3-5-11-9(10)6-14-16-11/h3-8H,13H2,1-2H3,(H,14,16)(H,15,17). The molecule has 5 nitrogen and oxygen atoms in total. The lowest BCUT2D eigenvalue weighted by molar-refractivity contribution is -0.119. The minimum atomic E-state index is -0.225. The highest BCUT2D eigenvalue weighted by Gasteiger charge is 2.17. The molecule has 5 heteroatoms. The average Bonchev–Trinajstić information content (AvgIpc) is 2.76. The minimum Gasteiger partial charge on any atom is -0.327 e. The molecule has 0 fully saturated rings. The number of nitrogens with two attached hydrogens (primary N) is 1. The average molecular weight is 232 g/mol. The van der Waals surface area contributed by atoms with E-state index in [1.807, 2.05) is 32.0 Å². The predicted octanol–water partition coefficient (Wildman–Crippen LogP) is 1.48. The van der Waals surface area contributed by atoms with Crippen LogP contribution in [-0.4, -0.2) is 22.1 Å². The van der Waals surface area contributed by atoms with Crippen LogP contribution in [0.25, 0.3) is 10.9 Å². The van der Waals surface area contributed by atoms with Crippen LogP contribution >= 0.6 is 0 Å². The highest BCUT2D eigenvalue weighted by Crippen LogP contribution is 2.21. The third-order valence-corrected chi connectivity index (χ3v) is 2.94. The summed E-state index contributed by atoms with van der Waals surface area (Å²) in [6.07, 6.45) is 1.70.